The number of aromatic nitrogens is 2. The molecule has 4 heteroatoms. The highest BCUT2D eigenvalue weighted by Crippen LogP contribution is 2.16. The van der Waals surface area contributed by atoms with E-state index in [0.29, 0.717) is 11.1 Å². The number of nitriles is 2. The third-order valence-electron chi connectivity index (χ3n) is 3.47. The summed E-state index contributed by atoms with van der Waals surface area (Å²) < 4.78 is 0. The second-order valence-corrected chi connectivity index (χ2v) is 5.05. The standard InChI is InChI=1S/C20H12N4/c21-12-17-8-6-15(11-18(17)13-22)4-5-16-7-9-20(24-14-16)19-3-1-2-10-23-19/h1-11,14H/b5-4+. The first-order valence-electron chi connectivity index (χ1n) is 7.30. The number of rotatable bonds is 3. The first-order chi connectivity index (χ1) is 11.8. The lowest BCUT2D eigenvalue weighted by molar-refractivity contribution is 1.24. The highest BCUT2D eigenvalue weighted by Gasteiger charge is 2.01. The molecule has 0 aliphatic rings. The molecule has 2 heterocycles. The van der Waals surface area contributed by atoms with Crippen LogP contribution in [0.2, 0.25) is 0 Å². The molecular formula is C20H12N4. The molecule has 0 amide bonds. The second-order valence-electron chi connectivity index (χ2n) is 5.05. The van der Waals surface area contributed by atoms with Crippen LogP contribution >= 0.6 is 0 Å². The van der Waals surface area contributed by atoms with E-state index in [2.05, 4.69) is 9.97 Å². The van der Waals surface area contributed by atoms with Crippen molar-refractivity contribution < 1.29 is 0 Å². The van der Waals surface area contributed by atoms with Crippen molar-refractivity contribution >= 4 is 12.2 Å². The van der Waals surface area contributed by atoms with Crippen LogP contribution in [0, 0.1) is 22.7 Å². The van der Waals surface area contributed by atoms with Gasteiger partial charge in [0.1, 0.15) is 12.1 Å². The molecule has 0 bridgehead atoms. The van der Waals surface area contributed by atoms with Crippen LogP contribution in [0.1, 0.15) is 22.3 Å². The van der Waals surface area contributed by atoms with Gasteiger partial charge in [-0.2, -0.15) is 10.5 Å². The van der Waals surface area contributed by atoms with Crippen molar-refractivity contribution in [2.75, 3.05) is 0 Å². The molecule has 24 heavy (non-hydrogen) atoms. The first-order valence-corrected chi connectivity index (χ1v) is 7.30. The van der Waals surface area contributed by atoms with Gasteiger partial charge in [-0.1, -0.05) is 30.4 Å². The van der Waals surface area contributed by atoms with Gasteiger partial charge in [0.2, 0.25) is 0 Å². The molecule has 3 aromatic rings. The average molecular weight is 308 g/mol. The third-order valence-corrected chi connectivity index (χ3v) is 3.47. The summed E-state index contributed by atoms with van der Waals surface area (Å²) in [5.74, 6) is 0. The third kappa shape index (κ3) is 3.35. The largest absolute Gasteiger partial charge is 0.255 e. The van der Waals surface area contributed by atoms with E-state index in [1.165, 1.54) is 0 Å². The van der Waals surface area contributed by atoms with Crippen molar-refractivity contribution in [2.24, 2.45) is 0 Å². The van der Waals surface area contributed by atoms with Gasteiger partial charge in [-0.15, -0.1) is 0 Å². The van der Waals surface area contributed by atoms with Gasteiger partial charge in [-0.05, 0) is 41.5 Å². The Balaban J connectivity index is 1.81. The summed E-state index contributed by atoms with van der Waals surface area (Å²) in [6.07, 6.45) is 7.31. The van der Waals surface area contributed by atoms with Crippen LogP contribution in [0.3, 0.4) is 0 Å². The smallest absolute Gasteiger partial charge is 0.101 e. The van der Waals surface area contributed by atoms with Gasteiger partial charge in [-0.25, -0.2) is 0 Å². The minimum Gasteiger partial charge on any atom is -0.255 e. The molecule has 2 aromatic heterocycles. The van der Waals surface area contributed by atoms with Crippen LogP contribution in [-0.2, 0) is 0 Å². The fraction of sp³-hybridized carbons (Fsp3) is 0. The Labute approximate surface area is 140 Å². The Morgan fingerprint density at radius 3 is 2.17 bits per heavy atom. The maximum atomic E-state index is 9.06. The minimum atomic E-state index is 0.378. The van der Waals surface area contributed by atoms with Gasteiger partial charge < -0.3 is 0 Å². The highest BCUT2D eigenvalue weighted by atomic mass is 14.8. The van der Waals surface area contributed by atoms with Crippen molar-refractivity contribution in [1.29, 1.82) is 10.5 Å². The number of nitrogens with zero attached hydrogens (tertiary/aromatic N) is 4. The topological polar surface area (TPSA) is 73.4 Å². The summed E-state index contributed by atoms with van der Waals surface area (Å²) in [4.78, 5) is 8.68. The van der Waals surface area contributed by atoms with E-state index in [1.807, 2.05) is 60.7 Å². The molecule has 0 aliphatic carbocycles. The molecule has 0 saturated carbocycles. The molecule has 0 fully saturated rings. The average Bonchev–Trinajstić information content (AvgIpc) is 2.67. The predicted octanol–water partition coefficient (Wildman–Crippen LogP) is 4.06. The predicted molar refractivity (Wildman–Crippen MR) is 92.3 cm³/mol. The molecule has 1 aromatic carbocycles. The van der Waals surface area contributed by atoms with Crippen LogP contribution in [0.25, 0.3) is 23.5 Å². The molecule has 0 N–H and O–H groups in total. The maximum absolute atomic E-state index is 9.06. The van der Waals surface area contributed by atoms with E-state index < -0.39 is 0 Å². The van der Waals surface area contributed by atoms with E-state index >= 15 is 0 Å². The zero-order valence-electron chi connectivity index (χ0n) is 12.7. The van der Waals surface area contributed by atoms with E-state index in [-0.39, 0.29) is 0 Å². The Bertz CT molecular complexity index is 959. The normalized spacial score (nSPS) is 10.2. The summed E-state index contributed by atoms with van der Waals surface area (Å²) in [6, 6.07) is 18.8. The molecule has 112 valence electrons. The van der Waals surface area contributed by atoms with Gasteiger partial charge in [-0.3, -0.25) is 9.97 Å². The lowest BCUT2D eigenvalue weighted by Gasteiger charge is -2.00. The van der Waals surface area contributed by atoms with Crippen LogP contribution in [0.5, 0.6) is 0 Å². The summed E-state index contributed by atoms with van der Waals surface area (Å²) in [7, 11) is 0. The number of hydrogen-bond donors (Lipinski definition) is 0. The summed E-state index contributed by atoms with van der Waals surface area (Å²) in [5.41, 5.74) is 4.22. The van der Waals surface area contributed by atoms with Crippen molar-refractivity contribution in [3.8, 4) is 23.5 Å². The first kappa shape index (κ1) is 15.1. The molecule has 0 spiro atoms. The lowest BCUT2D eigenvalue weighted by Crippen LogP contribution is -1.87. The quantitative estimate of drug-likeness (QED) is 0.731. The summed E-state index contributed by atoms with van der Waals surface area (Å²) >= 11 is 0. The lowest BCUT2D eigenvalue weighted by atomic mass is 10.0. The molecule has 0 saturated heterocycles. The monoisotopic (exact) mass is 308 g/mol. The van der Waals surface area contributed by atoms with Crippen molar-refractivity contribution in [2.45, 2.75) is 0 Å². The fourth-order valence-corrected chi connectivity index (χ4v) is 2.22. The number of pyridine rings is 2. The number of hydrogen-bond acceptors (Lipinski definition) is 4. The minimum absolute atomic E-state index is 0.378. The van der Waals surface area contributed by atoms with Crippen molar-refractivity contribution in [3.05, 3.63) is 83.2 Å². The molecule has 4 nitrogen and oxygen atoms in total. The molecule has 0 radical (unpaired) electrons. The van der Waals surface area contributed by atoms with Crippen molar-refractivity contribution in [3.63, 3.8) is 0 Å². The molecular weight excluding hydrogens is 296 g/mol. The van der Waals surface area contributed by atoms with Crippen LogP contribution in [0.15, 0.2) is 60.9 Å². The zero-order chi connectivity index (χ0) is 16.8. The van der Waals surface area contributed by atoms with Gasteiger partial charge in [0.25, 0.3) is 0 Å². The van der Waals surface area contributed by atoms with E-state index in [4.69, 9.17) is 10.5 Å². The Kier molecular flexibility index (Phi) is 4.42. The van der Waals surface area contributed by atoms with Crippen molar-refractivity contribution in [1.82, 2.24) is 9.97 Å². The van der Waals surface area contributed by atoms with E-state index in [1.54, 1.807) is 24.5 Å². The maximum Gasteiger partial charge on any atom is 0.101 e. The second kappa shape index (κ2) is 7.00. The Morgan fingerprint density at radius 2 is 1.50 bits per heavy atom. The highest BCUT2D eigenvalue weighted by molar-refractivity contribution is 5.71. The summed E-state index contributed by atoms with van der Waals surface area (Å²) in [5, 5.41) is 18.0. The Morgan fingerprint density at radius 1 is 0.750 bits per heavy atom. The van der Waals surface area contributed by atoms with Crippen LogP contribution in [0.4, 0.5) is 0 Å². The van der Waals surface area contributed by atoms with Gasteiger partial charge in [0.15, 0.2) is 0 Å². The SMILES string of the molecule is N#Cc1ccc(/C=C/c2ccc(-c3ccccn3)nc2)cc1C#N. The fourth-order valence-electron chi connectivity index (χ4n) is 2.22. The Hall–Kier alpha value is -3.76. The molecule has 3 rings (SSSR count). The van der Waals surface area contributed by atoms with Crippen LogP contribution in [-0.4, -0.2) is 9.97 Å². The zero-order valence-corrected chi connectivity index (χ0v) is 12.7. The molecule has 0 unspecified atom stereocenters. The van der Waals surface area contributed by atoms with Gasteiger partial charge in [0.05, 0.1) is 22.5 Å². The molecule has 0 atom stereocenters. The number of benzene rings is 1. The van der Waals surface area contributed by atoms with Gasteiger partial charge >= 0.3 is 0 Å². The van der Waals surface area contributed by atoms with Crippen LogP contribution < -0.4 is 0 Å². The summed E-state index contributed by atoms with van der Waals surface area (Å²) in [6.45, 7) is 0. The van der Waals surface area contributed by atoms with E-state index in [0.717, 1.165) is 22.5 Å². The van der Waals surface area contributed by atoms with Gasteiger partial charge in [0, 0.05) is 12.4 Å². The van der Waals surface area contributed by atoms with E-state index in [9.17, 15) is 0 Å². The molecule has 0 aliphatic heterocycles.